The molecule has 0 fully saturated rings. The number of aromatic nitrogens is 3. The molecule has 40 heavy (non-hydrogen) atoms. The number of carbonyl (C=O) groups is 4. The van der Waals surface area contributed by atoms with E-state index in [9.17, 15) is 24.0 Å². The number of rotatable bonds is 7. The Hall–Kier alpha value is -4.92. The molecule has 0 saturated heterocycles. The van der Waals surface area contributed by atoms with Crippen LogP contribution in [0.3, 0.4) is 0 Å². The molecule has 0 unspecified atom stereocenters. The number of H-pyrrole nitrogens is 1. The molecule has 0 saturated carbocycles. The molecule has 0 spiro atoms. The van der Waals surface area contributed by atoms with Crippen LogP contribution < -0.4 is 15.6 Å². The van der Waals surface area contributed by atoms with Gasteiger partial charge in [-0.3, -0.25) is 19.2 Å². The van der Waals surface area contributed by atoms with Crippen molar-refractivity contribution in [3.8, 4) is 17.7 Å². The average Bonchev–Trinajstić information content (AvgIpc) is 3.24. The predicted octanol–water partition coefficient (Wildman–Crippen LogP) is 2.07. The van der Waals surface area contributed by atoms with E-state index in [0.717, 1.165) is 4.57 Å². The fraction of sp³-hybridized carbons (Fsp3) is 0.357. The minimum absolute atomic E-state index is 0.0135. The number of benzene rings is 1. The molecule has 210 valence electrons. The fourth-order valence-electron chi connectivity index (χ4n) is 3.46. The molecule has 12 nitrogen and oxygen atoms in total. The lowest BCUT2D eigenvalue weighted by Gasteiger charge is -2.16. The van der Waals surface area contributed by atoms with Crippen LogP contribution >= 0.6 is 0 Å². The molecule has 2 N–H and O–H groups in total. The quantitative estimate of drug-likeness (QED) is 0.332. The molecule has 0 aliphatic heterocycles. The van der Waals surface area contributed by atoms with Crippen molar-refractivity contribution in [1.29, 1.82) is 0 Å². The van der Waals surface area contributed by atoms with E-state index in [1.807, 2.05) is 0 Å². The molecule has 0 radical (unpaired) electrons. The first-order valence-corrected chi connectivity index (χ1v) is 12.3. The molecule has 0 bridgehead atoms. The Morgan fingerprint density at radius 3 is 2.38 bits per heavy atom. The number of esters is 3. The molecule has 3 aromatic rings. The molecular formula is C28H30N4O8. The Morgan fingerprint density at radius 2 is 1.77 bits per heavy atom. The van der Waals surface area contributed by atoms with E-state index in [1.165, 1.54) is 32.7 Å². The molecule has 2 aromatic heterocycles. The van der Waals surface area contributed by atoms with E-state index in [4.69, 9.17) is 9.47 Å². The van der Waals surface area contributed by atoms with E-state index >= 15 is 0 Å². The van der Waals surface area contributed by atoms with Crippen LogP contribution in [-0.2, 0) is 23.9 Å². The Labute approximate surface area is 230 Å². The van der Waals surface area contributed by atoms with E-state index in [2.05, 4.69) is 32.0 Å². The highest BCUT2D eigenvalue weighted by Crippen LogP contribution is 2.28. The first-order chi connectivity index (χ1) is 18.8. The first kappa shape index (κ1) is 29.6. The van der Waals surface area contributed by atoms with Gasteiger partial charge in [0.15, 0.2) is 5.75 Å². The molecule has 1 aromatic carbocycles. The third kappa shape index (κ3) is 6.93. The normalized spacial score (nSPS) is 11.7. The number of hydrogen-bond donors (Lipinski definition) is 2. The number of nitrogens with one attached hydrogen (secondary N) is 2. The van der Waals surface area contributed by atoms with Gasteiger partial charge in [0.1, 0.15) is 23.4 Å². The Morgan fingerprint density at radius 1 is 1.10 bits per heavy atom. The lowest BCUT2D eigenvalue weighted by molar-refractivity contribution is -0.145. The number of ether oxygens (including phenoxy) is 3. The van der Waals surface area contributed by atoms with E-state index < -0.39 is 40.8 Å². The number of fused-ring (bicyclic) bond motifs is 1. The van der Waals surface area contributed by atoms with Crippen molar-refractivity contribution in [3.63, 3.8) is 0 Å². The summed E-state index contributed by atoms with van der Waals surface area (Å²) in [5.41, 5.74) is 0.189. The van der Waals surface area contributed by atoms with Crippen LogP contribution in [0.25, 0.3) is 11.0 Å². The zero-order valence-electron chi connectivity index (χ0n) is 23.0. The van der Waals surface area contributed by atoms with Gasteiger partial charge >= 0.3 is 17.9 Å². The van der Waals surface area contributed by atoms with Gasteiger partial charge < -0.3 is 24.5 Å². The van der Waals surface area contributed by atoms with Crippen molar-refractivity contribution in [3.05, 3.63) is 57.8 Å². The smallest absolute Gasteiger partial charge is 0.328 e. The van der Waals surface area contributed by atoms with Crippen molar-refractivity contribution in [2.24, 2.45) is 5.41 Å². The van der Waals surface area contributed by atoms with Crippen LogP contribution in [0.4, 0.5) is 0 Å². The van der Waals surface area contributed by atoms with E-state index in [0.29, 0.717) is 11.3 Å². The van der Waals surface area contributed by atoms with Gasteiger partial charge in [0, 0.05) is 23.6 Å². The highest BCUT2D eigenvalue weighted by Gasteiger charge is 2.27. The second-order valence-electron chi connectivity index (χ2n) is 9.84. The van der Waals surface area contributed by atoms with E-state index in [-0.39, 0.29) is 35.2 Å². The highest BCUT2D eigenvalue weighted by molar-refractivity contribution is 5.97. The van der Waals surface area contributed by atoms with Gasteiger partial charge in [0.05, 0.1) is 25.3 Å². The summed E-state index contributed by atoms with van der Waals surface area (Å²) in [5, 5.41) is 2.65. The van der Waals surface area contributed by atoms with Crippen LogP contribution in [-0.4, -0.2) is 58.6 Å². The Bertz CT molecular complexity index is 1570. The summed E-state index contributed by atoms with van der Waals surface area (Å²) in [4.78, 5) is 68.8. The topological polar surface area (TPSA) is 159 Å². The highest BCUT2D eigenvalue weighted by atomic mass is 16.5. The summed E-state index contributed by atoms with van der Waals surface area (Å²) >= 11 is 0. The molecule has 12 heteroatoms. The molecule has 1 atom stereocenters. The maximum Gasteiger partial charge on any atom is 0.328 e. The van der Waals surface area contributed by atoms with Crippen molar-refractivity contribution in [2.75, 3.05) is 14.2 Å². The third-order valence-corrected chi connectivity index (χ3v) is 5.78. The van der Waals surface area contributed by atoms with Crippen LogP contribution in [0.1, 0.15) is 55.2 Å². The Balaban J connectivity index is 1.80. The summed E-state index contributed by atoms with van der Waals surface area (Å²) in [5.74, 6) is 0.679. The monoisotopic (exact) mass is 550 g/mol. The molecular weight excluding hydrogens is 520 g/mol. The number of nitrogens with zero attached hydrogens (tertiary/aromatic N) is 2. The average molecular weight is 551 g/mol. The van der Waals surface area contributed by atoms with Crippen molar-refractivity contribution >= 4 is 34.8 Å². The predicted molar refractivity (Wildman–Crippen MR) is 143 cm³/mol. The van der Waals surface area contributed by atoms with Crippen molar-refractivity contribution in [1.82, 2.24) is 19.9 Å². The van der Waals surface area contributed by atoms with E-state index in [1.54, 1.807) is 39.8 Å². The van der Waals surface area contributed by atoms with Gasteiger partial charge in [-0.2, -0.15) is 0 Å². The standard InChI is InChI=1S/C28H30N4O8/c1-16-22(40-27(37)28(2,3)4)21-23(30-16)29-15-32(25(21)35)14-13-17-7-9-18(10-8-17)24(34)31-19(26(36)39-6)11-12-20(33)38-5/h7-10,15,19,30H,11-12H2,1-6H3,(H,31,34)/t19-/m0/s1. The van der Waals surface area contributed by atoms with Crippen LogP contribution in [0.15, 0.2) is 35.4 Å². The van der Waals surface area contributed by atoms with Crippen molar-refractivity contribution < 1.29 is 33.4 Å². The number of hydrogen-bond acceptors (Lipinski definition) is 9. The van der Waals surface area contributed by atoms with Crippen LogP contribution in [0.2, 0.25) is 0 Å². The molecule has 3 rings (SSSR count). The number of carbonyl (C=O) groups excluding carboxylic acids is 4. The summed E-state index contributed by atoms with van der Waals surface area (Å²) in [6, 6.07) is 7.81. The van der Waals surface area contributed by atoms with Gasteiger partial charge in [-0.1, -0.05) is 0 Å². The van der Waals surface area contributed by atoms with Gasteiger partial charge in [0.25, 0.3) is 11.5 Å². The molecule has 0 aliphatic carbocycles. The number of amides is 1. The zero-order chi connectivity index (χ0) is 29.6. The van der Waals surface area contributed by atoms with Crippen LogP contribution in [0.5, 0.6) is 5.75 Å². The summed E-state index contributed by atoms with van der Waals surface area (Å²) in [6.45, 7) is 6.80. The third-order valence-electron chi connectivity index (χ3n) is 5.78. The maximum absolute atomic E-state index is 13.1. The lowest BCUT2D eigenvalue weighted by atomic mass is 9.97. The fourth-order valence-corrected chi connectivity index (χ4v) is 3.46. The molecule has 1 amide bonds. The van der Waals surface area contributed by atoms with Crippen molar-refractivity contribution in [2.45, 2.75) is 46.6 Å². The largest absolute Gasteiger partial charge is 0.469 e. The van der Waals surface area contributed by atoms with Gasteiger partial charge in [0.2, 0.25) is 0 Å². The van der Waals surface area contributed by atoms with Gasteiger partial charge in [-0.05, 0) is 64.3 Å². The number of methoxy groups -OCH3 is 2. The summed E-state index contributed by atoms with van der Waals surface area (Å²) in [6.07, 6.45) is 1.19. The molecule has 2 heterocycles. The van der Waals surface area contributed by atoms with Gasteiger partial charge in [-0.25, -0.2) is 14.3 Å². The maximum atomic E-state index is 13.1. The van der Waals surface area contributed by atoms with Crippen LogP contribution in [0, 0.1) is 24.3 Å². The summed E-state index contributed by atoms with van der Waals surface area (Å²) < 4.78 is 15.9. The zero-order valence-corrected chi connectivity index (χ0v) is 23.0. The van der Waals surface area contributed by atoms with Gasteiger partial charge in [-0.15, -0.1) is 0 Å². The second kappa shape index (κ2) is 12.3. The second-order valence-corrected chi connectivity index (χ2v) is 9.84. The first-order valence-electron chi connectivity index (χ1n) is 12.3. The summed E-state index contributed by atoms with van der Waals surface area (Å²) in [7, 11) is 2.41. The Kier molecular flexibility index (Phi) is 9.11. The molecule has 0 aliphatic rings. The number of aryl methyl sites for hydroxylation is 1. The minimum atomic E-state index is -1.03. The number of aromatic amines is 1. The SMILES string of the molecule is COC(=O)CC[C@H](NC(=O)c1ccc(C#Cn2cnc3[nH]c(C)c(OC(=O)C(C)(C)C)c3c2=O)cc1)C(=O)OC. The lowest BCUT2D eigenvalue weighted by Crippen LogP contribution is -2.41. The minimum Gasteiger partial charge on any atom is -0.469 e.